The quantitative estimate of drug-likeness (QED) is 0.797. The lowest BCUT2D eigenvalue weighted by molar-refractivity contribution is 0.0739. The first kappa shape index (κ1) is 9.52. The second-order valence-electron chi connectivity index (χ2n) is 3.70. The van der Waals surface area contributed by atoms with E-state index in [1.807, 2.05) is 19.4 Å². The molecule has 1 aromatic rings. The molecule has 4 heteroatoms. The smallest absolute Gasteiger partial charge is 0.202 e. The number of hydrogen-bond acceptors (Lipinski definition) is 3. The van der Waals surface area contributed by atoms with E-state index >= 15 is 0 Å². The van der Waals surface area contributed by atoms with Gasteiger partial charge in [0, 0.05) is 26.0 Å². The van der Waals surface area contributed by atoms with Crippen LogP contribution in [0, 0.1) is 0 Å². The van der Waals surface area contributed by atoms with Crippen LogP contribution in [0.3, 0.4) is 0 Å². The van der Waals surface area contributed by atoms with Crippen LogP contribution in [0.4, 0.5) is 5.95 Å². The molecular formula is C10H17N3O. The Labute approximate surface area is 84.3 Å². The van der Waals surface area contributed by atoms with Gasteiger partial charge in [-0.05, 0) is 19.8 Å². The maximum Gasteiger partial charge on any atom is 0.202 e. The highest BCUT2D eigenvalue weighted by Crippen LogP contribution is 2.25. The zero-order valence-corrected chi connectivity index (χ0v) is 8.73. The van der Waals surface area contributed by atoms with Gasteiger partial charge >= 0.3 is 0 Å². The van der Waals surface area contributed by atoms with Crippen LogP contribution in [-0.2, 0) is 4.74 Å². The summed E-state index contributed by atoms with van der Waals surface area (Å²) in [5.74, 6) is 0.910. The molecule has 0 amide bonds. The molecule has 1 aliphatic heterocycles. The zero-order chi connectivity index (χ0) is 9.97. The fourth-order valence-corrected chi connectivity index (χ4v) is 2.00. The summed E-state index contributed by atoms with van der Waals surface area (Å²) in [7, 11) is 1.89. The van der Waals surface area contributed by atoms with Crippen molar-refractivity contribution in [1.29, 1.82) is 0 Å². The number of rotatable bonds is 3. The van der Waals surface area contributed by atoms with Crippen molar-refractivity contribution in [3.63, 3.8) is 0 Å². The molecular weight excluding hydrogens is 178 g/mol. The van der Waals surface area contributed by atoms with E-state index in [9.17, 15) is 0 Å². The van der Waals surface area contributed by atoms with Crippen LogP contribution in [0.25, 0.3) is 0 Å². The van der Waals surface area contributed by atoms with Crippen LogP contribution >= 0.6 is 0 Å². The summed E-state index contributed by atoms with van der Waals surface area (Å²) in [4.78, 5) is 4.22. The van der Waals surface area contributed by atoms with Crippen LogP contribution < -0.4 is 5.32 Å². The van der Waals surface area contributed by atoms with Crippen molar-refractivity contribution >= 4 is 5.95 Å². The third kappa shape index (κ3) is 1.62. The lowest BCUT2D eigenvalue weighted by atomic mass is 10.1. The van der Waals surface area contributed by atoms with Crippen LogP contribution in [0.1, 0.15) is 25.8 Å². The van der Waals surface area contributed by atoms with Gasteiger partial charge < -0.3 is 14.6 Å². The summed E-state index contributed by atoms with van der Waals surface area (Å²) in [5.41, 5.74) is 0. The third-order valence-electron chi connectivity index (χ3n) is 2.83. The Hall–Kier alpha value is -1.03. The highest BCUT2D eigenvalue weighted by atomic mass is 16.5. The first-order chi connectivity index (χ1) is 6.83. The second kappa shape index (κ2) is 4.00. The molecule has 78 valence electrons. The zero-order valence-electron chi connectivity index (χ0n) is 8.73. The van der Waals surface area contributed by atoms with Gasteiger partial charge in [0.15, 0.2) is 0 Å². The molecule has 2 heterocycles. The van der Waals surface area contributed by atoms with E-state index in [4.69, 9.17) is 4.74 Å². The number of nitrogens with zero attached hydrogens (tertiary/aromatic N) is 2. The molecule has 0 spiro atoms. The second-order valence-corrected chi connectivity index (χ2v) is 3.70. The van der Waals surface area contributed by atoms with Gasteiger partial charge in [-0.25, -0.2) is 4.98 Å². The van der Waals surface area contributed by atoms with E-state index in [2.05, 4.69) is 21.8 Å². The van der Waals surface area contributed by atoms with Crippen LogP contribution in [-0.4, -0.2) is 29.3 Å². The molecule has 2 atom stereocenters. The van der Waals surface area contributed by atoms with E-state index in [1.54, 1.807) is 0 Å². The minimum absolute atomic E-state index is 0.344. The molecule has 1 aromatic heterocycles. The largest absolute Gasteiger partial charge is 0.376 e. The predicted molar refractivity (Wildman–Crippen MR) is 55.5 cm³/mol. The number of hydrogen-bond donors (Lipinski definition) is 1. The van der Waals surface area contributed by atoms with Crippen molar-refractivity contribution in [3.05, 3.63) is 12.4 Å². The molecule has 14 heavy (non-hydrogen) atoms. The summed E-state index contributed by atoms with van der Waals surface area (Å²) >= 11 is 0. The van der Waals surface area contributed by atoms with Crippen molar-refractivity contribution in [2.24, 2.45) is 0 Å². The number of nitrogens with one attached hydrogen (secondary N) is 1. The Kier molecular flexibility index (Phi) is 2.72. The molecule has 0 aromatic carbocycles. The van der Waals surface area contributed by atoms with Gasteiger partial charge in [0.25, 0.3) is 0 Å². The van der Waals surface area contributed by atoms with Crippen molar-refractivity contribution < 1.29 is 4.74 Å². The minimum Gasteiger partial charge on any atom is -0.376 e. The van der Waals surface area contributed by atoms with Gasteiger partial charge in [-0.3, -0.25) is 0 Å². The van der Waals surface area contributed by atoms with Gasteiger partial charge in [-0.1, -0.05) is 0 Å². The Morgan fingerprint density at radius 3 is 3.21 bits per heavy atom. The third-order valence-corrected chi connectivity index (χ3v) is 2.83. The molecule has 1 fully saturated rings. The Balaban J connectivity index is 2.12. The van der Waals surface area contributed by atoms with Crippen molar-refractivity contribution in [3.8, 4) is 0 Å². The van der Waals surface area contributed by atoms with E-state index in [-0.39, 0.29) is 0 Å². The molecule has 1 saturated heterocycles. The number of ether oxygens (including phenoxy) is 1. The van der Waals surface area contributed by atoms with Crippen molar-refractivity contribution in [2.45, 2.75) is 31.9 Å². The van der Waals surface area contributed by atoms with E-state index in [0.29, 0.717) is 12.1 Å². The van der Waals surface area contributed by atoms with Gasteiger partial charge in [0.2, 0.25) is 5.95 Å². The predicted octanol–water partition coefficient (Wildman–Crippen LogP) is 1.66. The van der Waals surface area contributed by atoms with Crippen LogP contribution in [0.15, 0.2) is 12.4 Å². The van der Waals surface area contributed by atoms with Crippen LogP contribution in [0.5, 0.6) is 0 Å². The lowest BCUT2D eigenvalue weighted by Gasteiger charge is -2.21. The fourth-order valence-electron chi connectivity index (χ4n) is 2.00. The normalized spacial score (nSPS) is 23.7. The molecule has 0 radical (unpaired) electrons. The van der Waals surface area contributed by atoms with Crippen LogP contribution in [0.2, 0.25) is 0 Å². The summed E-state index contributed by atoms with van der Waals surface area (Å²) in [5, 5.41) is 3.08. The molecule has 0 saturated carbocycles. The van der Waals surface area contributed by atoms with E-state index < -0.39 is 0 Å². The molecule has 2 rings (SSSR count). The van der Waals surface area contributed by atoms with E-state index in [0.717, 1.165) is 19.0 Å². The topological polar surface area (TPSA) is 39.1 Å². The highest BCUT2D eigenvalue weighted by molar-refractivity contribution is 5.25. The van der Waals surface area contributed by atoms with Crippen molar-refractivity contribution in [1.82, 2.24) is 9.55 Å². The molecule has 0 aliphatic carbocycles. The van der Waals surface area contributed by atoms with Crippen molar-refractivity contribution in [2.75, 3.05) is 19.0 Å². The molecule has 1 aliphatic rings. The van der Waals surface area contributed by atoms with Gasteiger partial charge in [-0.15, -0.1) is 0 Å². The van der Waals surface area contributed by atoms with E-state index in [1.165, 1.54) is 6.42 Å². The Bertz CT molecular complexity index is 291. The van der Waals surface area contributed by atoms with Gasteiger partial charge in [0.1, 0.15) is 0 Å². The van der Waals surface area contributed by atoms with Gasteiger partial charge in [-0.2, -0.15) is 0 Å². The highest BCUT2D eigenvalue weighted by Gasteiger charge is 2.24. The number of imidazole rings is 1. The monoisotopic (exact) mass is 195 g/mol. The standard InChI is InChI=1S/C10H17N3O/c1-8(9-4-3-7-14-9)13-6-5-12-10(13)11-2/h5-6,8-9H,3-4,7H2,1-2H3,(H,11,12). The molecule has 1 N–H and O–H groups in total. The maximum absolute atomic E-state index is 5.66. The average molecular weight is 195 g/mol. The summed E-state index contributed by atoms with van der Waals surface area (Å²) in [6.07, 6.45) is 6.49. The molecule has 4 nitrogen and oxygen atoms in total. The summed E-state index contributed by atoms with van der Waals surface area (Å²) < 4.78 is 7.80. The Morgan fingerprint density at radius 2 is 2.57 bits per heavy atom. The maximum atomic E-state index is 5.66. The van der Waals surface area contributed by atoms with Gasteiger partial charge in [0.05, 0.1) is 12.1 Å². The Morgan fingerprint density at radius 1 is 1.71 bits per heavy atom. The first-order valence-electron chi connectivity index (χ1n) is 5.15. The molecule has 0 bridgehead atoms. The molecule has 2 unspecified atom stereocenters. The SMILES string of the molecule is CNc1nccn1C(C)C1CCCO1. The fraction of sp³-hybridized carbons (Fsp3) is 0.700. The number of anilines is 1. The number of aromatic nitrogens is 2. The average Bonchev–Trinajstić information content (AvgIpc) is 2.87. The summed E-state index contributed by atoms with van der Waals surface area (Å²) in [6.45, 7) is 3.08. The lowest BCUT2D eigenvalue weighted by Crippen LogP contribution is -2.21. The summed E-state index contributed by atoms with van der Waals surface area (Å²) in [6, 6.07) is 0.363. The minimum atomic E-state index is 0.344. The first-order valence-corrected chi connectivity index (χ1v) is 5.15.